The SMILES string of the molecule is CC(C)(C)NC(=O)CN1CCOCC1CC(=O)O. The summed E-state index contributed by atoms with van der Waals surface area (Å²) in [5.41, 5.74) is -0.272. The standard InChI is InChI=1S/C12H22N2O4/c1-12(2,3)13-10(15)7-14-4-5-18-8-9(14)6-11(16)17/h9H,4-8H2,1-3H3,(H,13,15)(H,16,17). The van der Waals surface area contributed by atoms with Crippen LogP contribution >= 0.6 is 0 Å². The van der Waals surface area contributed by atoms with Gasteiger partial charge in [0, 0.05) is 18.1 Å². The van der Waals surface area contributed by atoms with E-state index >= 15 is 0 Å². The number of carbonyl (C=O) groups excluding carboxylic acids is 1. The van der Waals surface area contributed by atoms with E-state index in [1.165, 1.54) is 0 Å². The largest absolute Gasteiger partial charge is 0.481 e. The van der Waals surface area contributed by atoms with Gasteiger partial charge in [-0.2, -0.15) is 0 Å². The first-order valence-electron chi connectivity index (χ1n) is 6.12. The third-order valence-corrected chi connectivity index (χ3v) is 2.62. The van der Waals surface area contributed by atoms with E-state index in [4.69, 9.17) is 9.84 Å². The van der Waals surface area contributed by atoms with Crippen molar-refractivity contribution >= 4 is 11.9 Å². The number of morpholine rings is 1. The maximum absolute atomic E-state index is 11.8. The Hall–Kier alpha value is -1.14. The van der Waals surface area contributed by atoms with Gasteiger partial charge in [0.25, 0.3) is 0 Å². The summed E-state index contributed by atoms with van der Waals surface area (Å²) in [4.78, 5) is 24.4. The number of nitrogens with one attached hydrogen (secondary N) is 1. The van der Waals surface area contributed by atoms with Crippen LogP contribution in [0.15, 0.2) is 0 Å². The Morgan fingerprint density at radius 2 is 2.11 bits per heavy atom. The number of aliphatic carboxylic acids is 1. The number of carboxylic acid groups (broad SMARTS) is 1. The first-order valence-corrected chi connectivity index (χ1v) is 6.12. The first-order chi connectivity index (χ1) is 8.28. The molecule has 1 saturated heterocycles. The van der Waals surface area contributed by atoms with Crippen LogP contribution in [0.4, 0.5) is 0 Å². The molecule has 0 spiro atoms. The molecule has 0 bridgehead atoms. The average Bonchev–Trinajstić information content (AvgIpc) is 2.17. The highest BCUT2D eigenvalue weighted by atomic mass is 16.5. The van der Waals surface area contributed by atoms with Crippen molar-refractivity contribution in [2.45, 2.75) is 38.8 Å². The van der Waals surface area contributed by atoms with Gasteiger partial charge in [-0.1, -0.05) is 0 Å². The molecule has 104 valence electrons. The molecule has 18 heavy (non-hydrogen) atoms. The first kappa shape index (κ1) is 14.9. The molecule has 1 unspecified atom stereocenters. The van der Waals surface area contributed by atoms with Crippen LogP contribution in [0, 0.1) is 0 Å². The number of carbonyl (C=O) groups is 2. The molecular formula is C12H22N2O4. The van der Waals surface area contributed by atoms with Crippen LogP contribution in [0.3, 0.4) is 0 Å². The number of carboxylic acids is 1. The number of ether oxygens (including phenoxy) is 1. The van der Waals surface area contributed by atoms with Gasteiger partial charge in [0.15, 0.2) is 0 Å². The van der Waals surface area contributed by atoms with E-state index in [9.17, 15) is 9.59 Å². The summed E-state index contributed by atoms with van der Waals surface area (Å²) in [5.74, 6) is -0.952. The quantitative estimate of drug-likeness (QED) is 0.746. The summed E-state index contributed by atoms with van der Waals surface area (Å²) >= 11 is 0. The lowest BCUT2D eigenvalue weighted by Crippen LogP contribution is -2.52. The molecule has 1 amide bonds. The van der Waals surface area contributed by atoms with E-state index in [2.05, 4.69) is 5.32 Å². The molecule has 1 atom stereocenters. The molecule has 6 heteroatoms. The molecule has 2 N–H and O–H groups in total. The van der Waals surface area contributed by atoms with E-state index in [1.807, 2.05) is 25.7 Å². The third kappa shape index (κ3) is 5.46. The molecule has 1 rings (SSSR count). The van der Waals surface area contributed by atoms with Gasteiger partial charge >= 0.3 is 5.97 Å². The van der Waals surface area contributed by atoms with Crippen molar-refractivity contribution in [3.63, 3.8) is 0 Å². The lowest BCUT2D eigenvalue weighted by atomic mass is 10.1. The van der Waals surface area contributed by atoms with E-state index in [0.717, 1.165) is 0 Å². The van der Waals surface area contributed by atoms with Crippen LogP contribution in [0.25, 0.3) is 0 Å². The topological polar surface area (TPSA) is 78.9 Å². The molecule has 1 aliphatic rings. The monoisotopic (exact) mass is 258 g/mol. The number of rotatable bonds is 4. The van der Waals surface area contributed by atoms with Gasteiger partial charge in [0.1, 0.15) is 0 Å². The van der Waals surface area contributed by atoms with Gasteiger partial charge in [-0.3, -0.25) is 14.5 Å². The van der Waals surface area contributed by atoms with Gasteiger partial charge in [0.05, 0.1) is 26.2 Å². The van der Waals surface area contributed by atoms with Crippen molar-refractivity contribution in [1.29, 1.82) is 0 Å². The predicted molar refractivity (Wildman–Crippen MR) is 66.3 cm³/mol. The molecule has 6 nitrogen and oxygen atoms in total. The van der Waals surface area contributed by atoms with Crippen molar-refractivity contribution in [3.8, 4) is 0 Å². The molecule has 1 heterocycles. The summed E-state index contributed by atoms with van der Waals surface area (Å²) in [6, 6.07) is -0.220. The Morgan fingerprint density at radius 1 is 1.44 bits per heavy atom. The molecule has 0 aromatic carbocycles. The summed E-state index contributed by atoms with van der Waals surface area (Å²) < 4.78 is 5.26. The van der Waals surface area contributed by atoms with Gasteiger partial charge < -0.3 is 15.2 Å². The van der Waals surface area contributed by atoms with Crippen LogP contribution < -0.4 is 5.32 Å². The lowest BCUT2D eigenvalue weighted by Gasteiger charge is -2.34. The molecule has 0 saturated carbocycles. The molecular weight excluding hydrogens is 236 g/mol. The van der Waals surface area contributed by atoms with Gasteiger partial charge in [0.2, 0.25) is 5.91 Å². The number of nitrogens with zero attached hydrogens (tertiary/aromatic N) is 1. The smallest absolute Gasteiger partial charge is 0.305 e. The van der Waals surface area contributed by atoms with Crippen molar-refractivity contribution in [1.82, 2.24) is 10.2 Å². The zero-order valence-electron chi connectivity index (χ0n) is 11.2. The van der Waals surface area contributed by atoms with E-state index < -0.39 is 5.97 Å². The molecule has 1 aliphatic heterocycles. The van der Waals surface area contributed by atoms with Gasteiger partial charge in [-0.15, -0.1) is 0 Å². The maximum atomic E-state index is 11.8. The maximum Gasteiger partial charge on any atom is 0.305 e. The number of hydrogen-bond donors (Lipinski definition) is 2. The third-order valence-electron chi connectivity index (χ3n) is 2.62. The fourth-order valence-corrected chi connectivity index (χ4v) is 1.93. The summed E-state index contributed by atoms with van der Waals surface area (Å²) in [6.07, 6.45) is 0.00278. The minimum absolute atomic E-state index is 0.00278. The van der Waals surface area contributed by atoms with E-state index in [1.54, 1.807) is 0 Å². The van der Waals surface area contributed by atoms with Crippen molar-refractivity contribution < 1.29 is 19.4 Å². The van der Waals surface area contributed by atoms with Crippen LogP contribution in [0.5, 0.6) is 0 Å². The minimum Gasteiger partial charge on any atom is -0.481 e. The van der Waals surface area contributed by atoms with Crippen LogP contribution in [0.1, 0.15) is 27.2 Å². The zero-order valence-corrected chi connectivity index (χ0v) is 11.2. The second-order valence-corrected chi connectivity index (χ2v) is 5.60. The Labute approximate surface area is 107 Å². The van der Waals surface area contributed by atoms with Crippen molar-refractivity contribution in [2.75, 3.05) is 26.3 Å². The Morgan fingerprint density at radius 3 is 2.67 bits per heavy atom. The average molecular weight is 258 g/mol. The lowest BCUT2D eigenvalue weighted by molar-refractivity contribution is -0.141. The van der Waals surface area contributed by atoms with Gasteiger partial charge in [-0.05, 0) is 20.8 Å². The van der Waals surface area contributed by atoms with Crippen LogP contribution in [-0.2, 0) is 14.3 Å². The molecule has 0 radical (unpaired) electrons. The second-order valence-electron chi connectivity index (χ2n) is 5.60. The van der Waals surface area contributed by atoms with E-state index in [0.29, 0.717) is 19.8 Å². The van der Waals surface area contributed by atoms with E-state index in [-0.39, 0.29) is 30.5 Å². The van der Waals surface area contributed by atoms with Crippen LogP contribution in [0.2, 0.25) is 0 Å². The predicted octanol–water partition coefficient (Wildman–Crippen LogP) is 0.0766. The normalized spacial score (nSPS) is 21.6. The summed E-state index contributed by atoms with van der Waals surface area (Å²) in [7, 11) is 0. The second kappa shape index (κ2) is 6.15. The van der Waals surface area contributed by atoms with Crippen LogP contribution in [-0.4, -0.2) is 59.8 Å². The molecule has 0 aromatic heterocycles. The zero-order chi connectivity index (χ0) is 13.8. The highest BCUT2D eigenvalue weighted by Gasteiger charge is 2.27. The Bertz CT molecular complexity index is 312. The number of hydrogen-bond acceptors (Lipinski definition) is 4. The van der Waals surface area contributed by atoms with Crippen molar-refractivity contribution in [3.05, 3.63) is 0 Å². The molecule has 0 aromatic rings. The van der Waals surface area contributed by atoms with Crippen molar-refractivity contribution in [2.24, 2.45) is 0 Å². The highest BCUT2D eigenvalue weighted by molar-refractivity contribution is 5.79. The summed E-state index contributed by atoms with van der Waals surface area (Å²) in [6.45, 7) is 7.47. The minimum atomic E-state index is -0.869. The fourth-order valence-electron chi connectivity index (χ4n) is 1.93. The Kier molecular flexibility index (Phi) is 5.10. The molecule has 1 fully saturated rings. The highest BCUT2D eigenvalue weighted by Crippen LogP contribution is 2.10. The van der Waals surface area contributed by atoms with Gasteiger partial charge in [-0.25, -0.2) is 0 Å². The number of amides is 1. The molecule has 0 aliphatic carbocycles. The fraction of sp³-hybridized carbons (Fsp3) is 0.833. The Balaban J connectivity index is 2.51. The summed E-state index contributed by atoms with van der Waals surface area (Å²) in [5, 5.41) is 11.7.